The Hall–Kier alpha value is -0.633. The molecule has 14 heavy (non-hydrogen) atoms. The maximum Gasteiger partial charge on any atom is 0.159 e. The molecule has 0 fully saturated rings. The van der Waals surface area contributed by atoms with Crippen LogP contribution in [0.5, 0.6) is 0 Å². The molecule has 0 aromatic carbocycles. The van der Waals surface area contributed by atoms with Gasteiger partial charge in [0.25, 0.3) is 0 Å². The third kappa shape index (κ3) is 1.52. The molecule has 2 aliphatic carbocycles. The Morgan fingerprint density at radius 1 is 1.29 bits per heavy atom. The van der Waals surface area contributed by atoms with Gasteiger partial charge in [0.15, 0.2) is 5.78 Å². The van der Waals surface area contributed by atoms with Crippen LogP contribution in [0.1, 0.15) is 25.7 Å². The Kier molecular flexibility index (Phi) is 2.26. The predicted molar refractivity (Wildman–Crippen MR) is 61.9 cm³/mol. The lowest BCUT2D eigenvalue weighted by atomic mass is 9.96. The van der Waals surface area contributed by atoms with Crippen molar-refractivity contribution < 1.29 is 4.79 Å². The summed E-state index contributed by atoms with van der Waals surface area (Å²) in [7, 11) is -1.41. The second kappa shape index (κ2) is 3.19. The van der Waals surface area contributed by atoms with Gasteiger partial charge in [0.1, 0.15) is 0 Å². The van der Waals surface area contributed by atoms with Crippen LogP contribution in [0, 0.1) is 0 Å². The molecule has 0 aromatic rings. The second-order valence-corrected chi connectivity index (χ2v) is 10.3. The number of ketones is 1. The van der Waals surface area contributed by atoms with Crippen LogP contribution in [-0.2, 0) is 4.79 Å². The number of carbonyl (C=O) groups is 1. The fourth-order valence-electron chi connectivity index (χ4n) is 2.60. The number of fused-ring (bicyclic) bond motifs is 1. The van der Waals surface area contributed by atoms with Crippen molar-refractivity contribution in [3.8, 4) is 0 Å². The number of hydrogen-bond acceptors (Lipinski definition) is 1. The summed E-state index contributed by atoms with van der Waals surface area (Å²) < 4.78 is 0. The van der Waals surface area contributed by atoms with Gasteiger partial charge in [0, 0.05) is 6.42 Å². The van der Waals surface area contributed by atoms with Crippen molar-refractivity contribution in [2.75, 3.05) is 0 Å². The molecule has 0 saturated heterocycles. The van der Waals surface area contributed by atoms with E-state index in [0.717, 1.165) is 6.42 Å². The van der Waals surface area contributed by atoms with E-state index >= 15 is 0 Å². The first-order chi connectivity index (χ1) is 6.50. The van der Waals surface area contributed by atoms with Crippen LogP contribution in [0.4, 0.5) is 0 Å². The zero-order valence-corrected chi connectivity index (χ0v) is 10.3. The molecule has 0 heterocycles. The molecule has 1 nitrogen and oxygen atoms in total. The van der Waals surface area contributed by atoms with Crippen molar-refractivity contribution >= 4 is 13.9 Å². The molecule has 76 valence electrons. The molecule has 0 bridgehead atoms. The highest BCUT2D eigenvalue weighted by atomic mass is 28.3. The monoisotopic (exact) mass is 206 g/mol. The topological polar surface area (TPSA) is 17.1 Å². The Labute approximate surface area is 86.9 Å². The van der Waals surface area contributed by atoms with E-state index in [0.29, 0.717) is 12.2 Å². The molecule has 0 saturated carbocycles. The minimum absolute atomic E-state index is 0.423. The fraction of sp³-hybridized carbons (Fsp3) is 0.583. The third-order valence-electron chi connectivity index (χ3n) is 3.09. The van der Waals surface area contributed by atoms with Gasteiger partial charge >= 0.3 is 0 Å². The van der Waals surface area contributed by atoms with Gasteiger partial charge in [0.2, 0.25) is 0 Å². The standard InChI is InChI=1S/C12H18OSi/c1-14(2,3)12-10-7-5-4-6-9(10)8-11(12)13/h6H,4-5,7-8H2,1-3H3. The van der Waals surface area contributed by atoms with E-state index in [-0.39, 0.29) is 0 Å². The van der Waals surface area contributed by atoms with E-state index in [4.69, 9.17) is 0 Å². The zero-order valence-electron chi connectivity index (χ0n) is 9.31. The van der Waals surface area contributed by atoms with Gasteiger partial charge in [-0.25, -0.2) is 0 Å². The Balaban J connectivity index is 2.50. The highest BCUT2D eigenvalue weighted by Gasteiger charge is 2.35. The fourth-order valence-corrected chi connectivity index (χ4v) is 4.72. The van der Waals surface area contributed by atoms with Crippen molar-refractivity contribution in [3.63, 3.8) is 0 Å². The molecule has 0 atom stereocenters. The molecule has 0 aliphatic heterocycles. The molecule has 0 spiro atoms. The second-order valence-electron chi connectivity index (χ2n) is 5.33. The van der Waals surface area contributed by atoms with Crippen LogP contribution in [0.2, 0.25) is 19.6 Å². The van der Waals surface area contributed by atoms with Crippen molar-refractivity contribution in [2.24, 2.45) is 0 Å². The summed E-state index contributed by atoms with van der Waals surface area (Å²) >= 11 is 0. The van der Waals surface area contributed by atoms with Crippen LogP contribution in [-0.4, -0.2) is 13.9 Å². The van der Waals surface area contributed by atoms with Gasteiger partial charge in [-0.15, -0.1) is 0 Å². The van der Waals surface area contributed by atoms with Gasteiger partial charge in [-0.2, -0.15) is 0 Å². The first-order valence-corrected chi connectivity index (χ1v) is 8.96. The lowest BCUT2D eigenvalue weighted by molar-refractivity contribution is -0.114. The van der Waals surface area contributed by atoms with E-state index in [1.165, 1.54) is 29.2 Å². The largest absolute Gasteiger partial charge is 0.295 e. The summed E-state index contributed by atoms with van der Waals surface area (Å²) in [6.07, 6.45) is 6.54. The van der Waals surface area contributed by atoms with Crippen molar-refractivity contribution in [1.82, 2.24) is 0 Å². The van der Waals surface area contributed by atoms with Crippen LogP contribution < -0.4 is 0 Å². The van der Waals surface area contributed by atoms with Crippen molar-refractivity contribution in [3.05, 3.63) is 22.4 Å². The van der Waals surface area contributed by atoms with Crippen molar-refractivity contribution in [2.45, 2.75) is 45.3 Å². The summed E-state index contributed by atoms with van der Waals surface area (Å²) in [5.41, 5.74) is 2.79. The minimum atomic E-state index is -1.41. The summed E-state index contributed by atoms with van der Waals surface area (Å²) in [5, 5.41) is 1.24. The highest BCUT2D eigenvalue weighted by molar-refractivity contribution is 6.87. The Morgan fingerprint density at radius 3 is 2.64 bits per heavy atom. The van der Waals surface area contributed by atoms with Crippen LogP contribution in [0.3, 0.4) is 0 Å². The third-order valence-corrected chi connectivity index (χ3v) is 5.17. The molecular weight excluding hydrogens is 188 g/mol. The summed E-state index contributed by atoms with van der Waals surface area (Å²) in [4.78, 5) is 11.9. The van der Waals surface area contributed by atoms with E-state index in [1.807, 2.05) is 0 Å². The SMILES string of the molecule is C[Si](C)(C)C1=C2CCCC=C2CC1=O. The molecule has 0 unspecified atom stereocenters. The molecule has 0 aromatic heterocycles. The molecule has 2 aliphatic rings. The van der Waals surface area contributed by atoms with Crippen molar-refractivity contribution in [1.29, 1.82) is 0 Å². The maximum atomic E-state index is 11.9. The molecule has 0 N–H and O–H groups in total. The Morgan fingerprint density at radius 2 is 2.00 bits per heavy atom. The number of rotatable bonds is 1. The summed E-state index contributed by atoms with van der Waals surface area (Å²) in [6, 6.07) is 0. The maximum absolute atomic E-state index is 11.9. The van der Waals surface area contributed by atoms with Gasteiger partial charge in [-0.3, -0.25) is 4.79 Å². The quantitative estimate of drug-likeness (QED) is 0.602. The highest BCUT2D eigenvalue weighted by Crippen LogP contribution is 2.39. The number of allylic oxidation sites excluding steroid dienone is 4. The number of hydrogen-bond donors (Lipinski definition) is 0. The van der Waals surface area contributed by atoms with E-state index in [9.17, 15) is 4.79 Å². The van der Waals surface area contributed by atoms with Crippen LogP contribution in [0.15, 0.2) is 22.4 Å². The van der Waals surface area contributed by atoms with Gasteiger partial charge in [0.05, 0.1) is 8.07 Å². The van der Waals surface area contributed by atoms with Crippen LogP contribution >= 0.6 is 0 Å². The molecule has 2 rings (SSSR count). The first-order valence-electron chi connectivity index (χ1n) is 5.46. The minimum Gasteiger partial charge on any atom is -0.295 e. The lowest BCUT2D eigenvalue weighted by Gasteiger charge is -2.20. The zero-order chi connectivity index (χ0) is 10.3. The van der Waals surface area contributed by atoms with Crippen LogP contribution in [0.25, 0.3) is 0 Å². The van der Waals surface area contributed by atoms with Gasteiger partial charge in [-0.1, -0.05) is 25.7 Å². The lowest BCUT2D eigenvalue weighted by Crippen LogP contribution is -2.28. The smallest absolute Gasteiger partial charge is 0.159 e. The predicted octanol–water partition coefficient (Wildman–Crippen LogP) is 3.24. The summed E-state index contributed by atoms with van der Waals surface area (Å²) in [5.74, 6) is 0.423. The van der Waals surface area contributed by atoms with E-state index < -0.39 is 8.07 Å². The number of carbonyl (C=O) groups excluding carboxylic acids is 1. The molecule has 0 amide bonds. The average molecular weight is 206 g/mol. The molecule has 2 heteroatoms. The number of Topliss-reactive ketones (excluding diaryl/α,β-unsaturated/α-hetero) is 1. The Bertz CT molecular complexity index is 342. The molecule has 0 radical (unpaired) electrons. The van der Waals surface area contributed by atoms with E-state index in [1.54, 1.807) is 0 Å². The normalized spacial score (nSPS) is 22.5. The molecular formula is C12H18OSi. The van der Waals surface area contributed by atoms with E-state index in [2.05, 4.69) is 25.7 Å². The van der Waals surface area contributed by atoms with Gasteiger partial charge in [-0.05, 0) is 35.6 Å². The average Bonchev–Trinajstić information content (AvgIpc) is 2.38. The summed E-state index contributed by atoms with van der Waals surface area (Å²) in [6.45, 7) is 6.85. The first kappa shape index (κ1) is 9.90. The van der Waals surface area contributed by atoms with Gasteiger partial charge < -0.3 is 0 Å².